The van der Waals surface area contributed by atoms with Crippen LogP contribution in [-0.2, 0) is 11.3 Å². The number of aryl methyl sites for hydroxylation is 2. The van der Waals surface area contributed by atoms with Gasteiger partial charge in [0.25, 0.3) is 5.91 Å². The van der Waals surface area contributed by atoms with Crippen LogP contribution in [0.1, 0.15) is 60.0 Å². The highest BCUT2D eigenvalue weighted by molar-refractivity contribution is 7.99. The van der Waals surface area contributed by atoms with E-state index in [9.17, 15) is 9.59 Å². The van der Waals surface area contributed by atoms with Crippen molar-refractivity contribution in [2.45, 2.75) is 58.8 Å². The van der Waals surface area contributed by atoms with Gasteiger partial charge in [-0.05, 0) is 57.4 Å². The molecule has 3 rings (SSSR count). The lowest BCUT2D eigenvalue weighted by Crippen LogP contribution is -2.31. The molecular formula is C23H29ClN6O2S2. The first kappa shape index (κ1) is 26.2. The molecule has 1 unspecified atom stereocenters. The number of nitrogens with one attached hydrogen (secondary N) is 2. The maximum atomic E-state index is 12.9. The molecule has 3 aromatic rings. The van der Waals surface area contributed by atoms with Gasteiger partial charge in [0.1, 0.15) is 0 Å². The molecule has 8 nitrogen and oxygen atoms in total. The summed E-state index contributed by atoms with van der Waals surface area (Å²) >= 11 is 8.72. The Morgan fingerprint density at radius 3 is 2.47 bits per heavy atom. The number of halogens is 1. The zero-order chi connectivity index (χ0) is 24.8. The average Bonchev–Trinajstić information content (AvgIpc) is 3.33. The number of amides is 2. The molecule has 0 bridgehead atoms. The van der Waals surface area contributed by atoms with Crippen molar-refractivity contribution in [2.75, 3.05) is 11.1 Å². The van der Waals surface area contributed by atoms with Crippen molar-refractivity contribution in [1.82, 2.24) is 25.1 Å². The van der Waals surface area contributed by atoms with Gasteiger partial charge in [-0.1, -0.05) is 37.2 Å². The van der Waals surface area contributed by atoms with E-state index in [0.29, 0.717) is 45.6 Å². The minimum absolute atomic E-state index is 0.152. The summed E-state index contributed by atoms with van der Waals surface area (Å²) in [6.07, 6.45) is 0.700. The standard InChI is InChI=1S/C23H29ClN6O2S2/c1-6-30-20(18(11-13(2)3)26-21(32)16-7-9-17(24)10-8-16)28-29-23(30)33-12-19(31)27-22-25-14(4)15(5)34-22/h7-10,13,18H,6,11-12H2,1-5H3,(H,26,32)(H,25,27,31). The summed E-state index contributed by atoms with van der Waals surface area (Å²) in [6, 6.07) is 6.45. The highest BCUT2D eigenvalue weighted by Crippen LogP contribution is 2.26. The number of aromatic nitrogens is 4. The Balaban J connectivity index is 1.72. The van der Waals surface area contributed by atoms with Gasteiger partial charge in [0.05, 0.1) is 17.5 Å². The van der Waals surface area contributed by atoms with Crippen LogP contribution in [0, 0.1) is 19.8 Å². The van der Waals surface area contributed by atoms with E-state index in [1.54, 1.807) is 24.3 Å². The monoisotopic (exact) mass is 520 g/mol. The van der Waals surface area contributed by atoms with Gasteiger partial charge in [-0.15, -0.1) is 21.5 Å². The van der Waals surface area contributed by atoms with Crippen LogP contribution in [-0.4, -0.2) is 37.3 Å². The molecule has 0 saturated heterocycles. The van der Waals surface area contributed by atoms with E-state index in [-0.39, 0.29) is 23.6 Å². The first-order valence-corrected chi connectivity index (χ1v) is 13.2. The number of rotatable bonds is 10. The van der Waals surface area contributed by atoms with Crippen molar-refractivity contribution in [3.63, 3.8) is 0 Å². The van der Waals surface area contributed by atoms with E-state index in [1.807, 2.05) is 25.3 Å². The molecule has 2 aromatic heterocycles. The van der Waals surface area contributed by atoms with E-state index in [2.05, 4.69) is 39.7 Å². The topological polar surface area (TPSA) is 102 Å². The summed E-state index contributed by atoms with van der Waals surface area (Å²) in [5, 5.41) is 16.4. The van der Waals surface area contributed by atoms with Crippen molar-refractivity contribution in [3.05, 3.63) is 51.2 Å². The fraction of sp³-hybridized carbons (Fsp3) is 0.435. The highest BCUT2D eigenvalue weighted by Gasteiger charge is 2.24. The van der Waals surface area contributed by atoms with Crippen molar-refractivity contribution < 1.29 is 9.59 Å². The lowest BCUT2D eigenvalue weighted by atomic mass is 10.0. The molecule has 0 saturated carbocycles. The maximum Gasteiger partial charge on any atom is 0.251 e. The van der Waals surface area contributed by atoms with E-state index < -0.39 is 0 Å². The second-order valence-electron chi connectivity index (χ2n) is 8.24. The third-order valence-corrected chi connectivity index (χ3v) is 7.31. The zero-order valence-electron chi connectivity index (χ0n) is 19.9. The highest BCUT2D eigenvalue weighted by atomic mass is 35.5. The van der Waals surface area contributed by atoms with Gasteiger partial charge in [-0.25, -0.2) is 4.98 Å². The number of benzene rings is 1. The molecule has 0 aliphatic rings. The third kappa shape index (κ3) is 6.80. The summed E-state index contributed by atoms with van der Waals surface area (Å²) in [5.74, 6) is 0.829. The van der Waals surface area contributed by atoms with Crippen LogP contribution in [0.2, 0.25) is 5.02 Å². The molecule has 2 N–H and O–H groups in total. The van der Waals surface area contributed by atoms with E-state index >= 15 is 0 Å². The van der Waals surface area contributed by atoms with Crippen molar-refractivity contribution >= 4 is 51.6 Å². The first-order valence-electron chi connectivity index (χ1n) is 11.0. The Kier molecular flexibility index (Phi) is 9.10. The molecule has 34 heavy (non-hydrogen) atoms. The minimum Gasteiger partial charge on any atom is -0.342 e. The van der Waals surface area contributed by atoms with Crippen LogP contribution in [0.15, 0.2) is 29.4 Å². The number of hydrogen-bond donors (Lipinski definition) is 2. The number of carbonyl (C=O) groups is 2. The lowest BCUT2D eigenvalue weighted by Gasteiger charge is -2.21. The summed E-state index contributed by atoms with van der Waals surface area (Å²) in [5.41, 5.74) is 1.44. The molecule has 0 aliphatic heterocycles. The van der Waals surface area contributed by atoms with Gasteiger partial charge < -0.3 is 15.2 Å². The molecule has 0 fully saturated rings. The quantitative estimate of drug-likeness (QED) is 0.353. The maximum absolute atomic E-state index is 12.9. The van der Waals surface area contributed by atoms with Crippen LogP contribution in [0.25, 0.3) is 0 Å². The zero-order valence-corrected chi connectivity index (χ0v) is 22.3. The van der Waals surface area contributed by atoms with Gasteiger partial charge in [-0.3, -0.25) is 9.59 Å². The van der Waals surface area contributed by atoms with Crippen LogP contribution < -0.4 is 10.6 Å². The van der Waals surface area contributed by atoms with Gasteiger partial charge in [0, 0.05) is 22.0 Å². The largest absolute Gasteiger partial charge is 0.342 e. The molecule has 2 heterocycles. The second kappa shape index (κ2) is 11.8. The summed E-state index contributed by atoms with van der Waals surface area (Å²) in [7, 11) is 0. The first-order chi connectivity index (χ1) is 16.2. The molecule has 0 radical (unpaired) electrons. The Bertz CT molecular complexity index is 1120. The minimum atomic E-state index is -0.319. The van der Waals surface area contributed by atoms with Crippen LogP contribution in [0.5, 0.6) is 0 Å². The van der Waals surface area contributed by atoms with Gasteiger partial charge >= 0.3 is 0 Å². The molecule has 182 valence electrons. The molecule has 11 heteroatoms. The number of carbonyl (C=O) groups excluding carboxylic acids is 2. The predicted octanol–water partition coefficient (Wildman–Crippen LogP) is 5.27. The number of thiazole rings is 1. The molecule has 2 amide bonds. The molecule has 1 aromatic carbocycles. The van der Waals surface area contributed by atoms with Crippen molar-refractivity contribution in [3.8, 4) is 0 Å². The Labute approximate surface area is 212 Å². The van der Waals surface area contributed by atoms with E-state index in [1.165, 1.54) is 23.1 Å². The number of hydrogen-bond acceptors (Lipinski definition) is 7. The van der Waals surface area contributed by atoms with Crippen LogP contribution in [0.3, 0.4) is 0 Å². The number of anilines is 1. The Morgan fingerprint density at radius 2 is 1.88 bits per heavy atom. The Morgan fingerprint density at radius 1 is 1.18 bits per heavy atom. The SMILES string of the molecule is CCn1c(SCC(=O)Nc2nc(C)c(C)s2)nnc1C(CC(C)C)NC(=O)c1ccc(Cl)cc1. The fourth-order valence-corrected chi connectivity index (χ4v) is 5.08. The van der Waals surface area contributed by atoms with E-state index in [0.717, 1.165) is 10.6 Å². The van der Waals surface area contributed by atoms with Crippen LogP contribution >= 0.6 is 34.7 Å². The molecular weight excluding hydrogens is 492 g/mol. The summed E-state index contributed by atoms with van der Waals surface area (Å²) < 4.78 is 1.95. The Hall–Kier alpha value is -2.43. The smallest absolute Gasteiger partial charge is 0.251 e. The fourth-order valence-electron chi connectivity index (χ4n) is 3.32. The molecule has 0 aliphatic carbocycles. The number of thioether (sulfide) groups is 1. The normalized spacial score (nSPS) is 12.1. The van der Waals surface area contributed by atoms with Gasteiger partial charge in [0.2, 0.25) is 5.91 Å². The van der Waals surface area contributed by atoms with Gasteiger partial charge in [0.15, 0.2) is 16.1 Å². The van der Waals surface area contributed by atoms with E-state index in [4.69, 9.17) is 11.6 Å². The van der Waals surface area contributed by atoms with Crippen LogP contribution in [0.4, 0.5) is 5.13 Å². The summed E-state index contributed by atoms with van der Waals surface area (Å²) in [6.45, 7) is 10.7. The second-order valence-corrected chi connectivity index (χ2v) is 10.8. The van der Waals surface area contributed by atoms with Gasteiger partial charge in [-0.2, -0.15) is 0 Å². The van der Waals surface area contributed by atoms with Crippen molar-refractivity contribution in [1.29, 1.82) is 0 Å². The molecule has 0 spiro atoms. The summed E-state index contributed by atoms with van der Waals surface area (Å²) in [4.78, 5) is 30.7. The third-order valence-electron chi connectivity index (χ3n) is 5.10. The van der Waals surface area contributed by atoms with Crippen molar-refractivity contribution in [2.24, 2.45) is 5.92 Å². The molecule has 1 atom stereocenters. The predicted molar refractivity (Wildman–Crippen MR) is 138 cm³/mol. The number of nitrogens with zero attached hydrogens (tertiary/aromatic N) is 4. The average molecular weight is 521 g/mol. The lowest BCUT2D eigenvalue weighted by molar-refractivity contribution is -0.113.